The van der Waals surface area contributed by atoms with Crippen LogP contribution >= 0.6 is 27.3 Å². The van der Waals surface area contributed by atoms with E-state index in [2.05, 4.69) is 25.9 Å². The molecule has 1 atom stereocenters. The number of imidazole rings is 1. The van der Waals surface area contributed by atoms with E-state index in [0.717, 1.165) is 26.0 Å². The van der Waals surface area contributed by atoms with Crippen molar-refractivity contribution in [3.8, 4) is 0 Å². The third kappa shape index (κ3) is 2.16. The lowest BCUT2D eigenvalue weighted by molar-refractivity contribution is 0.223. The first-order valence-corrected chi connectivity index (χ1v) is 7.37. The maximum atomic E-state index is 11.3. The first kappa shape index (κ1) is 12.7. The molecule has 0 radical (unpaired) electrons. The Kier molecular flexibility index (Phi) is 3.08. The minimum atomic E-state index is -0.697. The molecule has 6 heteroatoms. The Morgan fingerprint density at radius 1 is 1.32 bits per heavy atom. The van der Waals surface area contributed by atoms with Crippen molar-refractivity contribution in [2.24, 2.45) is 0 Å². The van der Waals surface area contributed by atoms with Gasteiger partial charge >= 0.3 is 5.69 Å². The van der Waals surface area contributed by atoms with Gasteiger partial charge in [-0.25, -0.2) is 4.79 Å². The number of H-pyrrole nitrogens is 2. The molecule has 1 unspecified atom stereocenters. The molecule has 3 rings (SSSR count). The summed E-state index contributed by atoms with van der Waals surface area (Å²) in [7, 11) is 0. The van der Waals surface area contributed by atoms with Crippen molar-refractivity contribution in [2.45, 2.75) is 13.0 Å². The fourth-order valence-electron chi connectivity index (χ4n) is 2.09. The van der Waals surface area contributed by atoms with Crippen molar-refractivity contribution in [1.82, 2.24) is 9.97 Å². The van der Waals surface area contributed by atoms with Crippen LogP contribution in [0.3, 0.4) is 0 Å². The normalized spacial score (nSPS) is 13.0. The molecule has 98 valence electrons. The summed E-state index contributed by atoms with van der Waals surface area (Å²) in [6.07, 6.45) is -0.697. The maximum absolute atomic E-state index is 11.3. The molecule has 3 N–H and O–H groups in total. The van der Waals surface area contributed by atoms with Gasteiger partial charge < -0.3 is 15.1 Å². The highest BCUT2D eigenvalue weighted by Gasteiger charge is 2.18. The smallest absolute Gasteiger partial charge is 0.323 e. The molecule has 0 aliphatic rings. The zero-order valence-corrected chi connectivity index (χ0v) is 12.4. The number of halogens is 1. The molecular formula is C13H11BrN2O2S. The lowest BCUT2D eigenvalue weighted by Gasteiger charge is -2.12. The van der Waals surface area contributed by atoms with E-state index in [0.29, 0.717) is 5.52 Å². The number of thiophene rings is 1. The Morgan fingerprint density at radius 3 is 2.63 bits per heavy atom. The van der Waals surface area contributed by atoms with Crippen LogP contribution in [0.4, 0.5) is 0 Å². The van der Waals surface area contributed by atoms with E-state index in [4.69, 9.17) is 0 Å². The average Bonchev–Trinajstić information content (AvgIpc) is 2.92. The minimum Gasteiger partial charge on any atom is -0.383 e. The van der Waals surface area contributed by atoms with Crippen LogP contribution in [0.2, 0.25) is 0 Å². The van der Waals surface area contributed by atoms with Gasteiger partial charge in [0.05, 0.1) is 11.0 Å². The quantitative estimate of drug-likeness (QED) is 0.672. The number of aliphatic hydroxyl groups is 1. The molecule has 1 aromatic carbocycles. The summed E-state index contributed by atoms with van der Waals surface area (Å²) in [4.78, 5) is 17.6. The Labute approximate surface area is 121 Å². The summed E-state index contributed by atoms with van der Waals surface area (Å²) in [6, 6.07) is 5.57. The third-order valence-corrected chi connectivity index (χ3v) is 4.84. The molecule has 0 amide bonds. The topological polar surface area (TPSA) is 68.9 Å². The van der Waals surface area contributed by atoms with E-state index < -0.39 is 6.10 Å². The van der Waals surface area contributed by atoms with Gasteiger partial charge in [0.25, 0.3) is 0 Å². The van der Waals surface area contributed by atoms with Crippen LogP contribution < -0.4 is 5.69 Å². The maximum Gasteiger partial charge on any atom is 0.323 e. The van der Waals surface area contributed by atoms with Crippen LogP contribution in [0.1, 0.15) is 22.1 Å². The molecule has 0 saturated heterocycles. The predicted molar refractivity (Wildman–Crippen MR) is 79.7 cm³/mol. The number of nitrogens with one attached hydrogen (secondary N) is 2. The molecule has 0 bridgehead atoms. The number of benzene rings is 1. The molecule has 2 aromatic heterocycles. The summed E-state index contributed by atoms with van der Waals surface area (Å²) in [5.41, 5.74) is 2.97. The number of aliphatic hydroxyl groups excluding tert-OH is 1. The largest absolute Gasteiger partial charge is 0.383 e. The molecule has 0 spiro atoms. The second kappa shape index (κ2) is 4.63. The lowest BCUT2D eigenvalue weighted by atomic mass is 10.1. The van der Waals surface area contributed by atoms with Crippen LogP contribution in [0.15, 0.2) is 32.8 Å². The van der Waals surface area contributed by atoms with Crippen molar-refractivity contribution in [3.05, 3.63) is 54.5 Å². The van der Waals surface area contributed by atoms with Gasteiger partial charge in [-0.15, -0.1) is 11.3 Å². The fourth-order valence-corrected chi connectivity index (χ4v) is 3.58. The van der Waals surface area contributed by atoms with Crippen LogP contribution in [-0.4, -0.2) is 15.1 Å². The van der Waals surface area contributed by atoms with E-state index in [1.54, 1.807) is 12.1 Å². The summed E-state index contributed by atoms with van der Waals surface area (Å²) in [5.74, 6) is 0. The highest BCUT2D eigenvalue weighted by atomic mass is 79.9. The second-order valence-electron chi connectivity index (χ2n) is 4.37. The van der Waals surface area contributed by atoms with E-state index in [-0.39, 0.29) is 5.69 Å². The number of hydrogen-bond donors (Lipinski definition) is 3. The first-order valence-electron chi connectivity index (χ1n) is 5.70. The molecule has 3 aromatic rings. The third-order valence-electron chi connectivity index (χ3n) is 3.08. The van der Waals surface area contributed by atoms with Gasteiger partial charge in [-0.2, -0.15) is 0 Å². The molecule has 0 aliphatic carbocycles. The average molecular weight is 339 g/mol. The van der Waals surface area contributed by atoms with Crippen LogP contribution in [0.25, 0.3) is 11.0 Å². The fraction of sp³-hybridized carbons (Fsp3) is 0.154. The van der Waals surface area contributed by atoms with Crippen molar-refractivity contribution in [2.75, 3.05) is 0 Å². The number of rotatable bonds is 2. The molecule has 2 heterocycles. The molecule has 0 fully saturated rings. The van der Waals surface area contributed by atoms with Crippen molar-refractivity contribution < 1.29 is 5.11 Å². The zero-order chi connectivity index (χ0) is 13.6. The van der Waals surface area contributed by atoms with Gasteiger partial charge in [-0.3, -0.25) is 0 Å². The van der Waals surface area contributed by atoms with Gasteiger partial charge in [0.2, 0.25) is 0 Å². The zero-order valence-electron chi connectivity index (χ0n) is 10.0. The summed E-state index contributed by atoms with van der Waals surface area (Å²) in [5, 5.41) is 12.4. The van der Waals surface area contributed by atoms with E-state index in [1.165, 1.54) is 11.3 Å². The Bertz CT molecular complexity index is 802. The molecular weight excluding hydrogens is 328 g/mol. The van der Waals surface area contributed by atoms with Crippen molar-refractivity contribution >= 4 is 38.3 Å². The number of fused-ring (bicyclic) bond motifs is 1. The van der Waals surface area contributed by atoms with Crippen molar-refractivity contribution in [1.29, 1.82) is 0 Å². The van der Waals surface area contributed by atoms with Gasteiger partial charge in [0.15, 0.2) is 0 Å². The van der Waals surface area contributed by atoms with Crippen LogP contribution in [-0.2, 0) is 0 Å². The summed E-state index contributed by atoms with van der Waals surface area (Å²) in [6.45, 7) is 1.97. The van der Waals surface area contributed by atoms with E-state index in [1.807, 2.05) is 18.4 Å². The number of aromatic nitrogens is 2. The Hall–Kier alpha value is -1.37. The Balaban J connectivity index is 2.16. The van der Waals surface area contributed by atoms with Gasteiger partial charge in [-0.05, 0) is 36.1 Å². The van der Waals surface area contributed by atoms with Crippen molar-refractivity contribution in [3.63, 3.8) is 0 Å². The predicted octanol–water partition coefficient (Wildman–Crippen LogP) is 3.07. The molecule has 19 heavy (non-hydrogen) atoms. The van der Waals surface area contributed by atoms with Gasteiger partial charge in [0, 0.05) is 14.9 Å². The summed E-state index contributed by atoms with van der Waals surface area (Å²) >= 11 is 4.97. The van der Waals surface area contributed by atoms with Crippen LogP contribution in [0.5, 0.6) is 0 Å². The minimum absolute atomic E-state index is 0.249. The van der Waals surface area contributed by atoms with Gasteiger partial charge in [0.1, 0.15) is 6.10 Å². The molecule has 0 aliphatic heterocycles. The first-order chi connectivity index (χ1) is 9.06. The number of aromatic amines is 2. The second-order valence-corrected chi connectivity index (χ2v) is 6.17. The van der Waals surface area contributed by atoms with Crippen LogP contribution in [0, 0.1) is 6.92 Å². The lowest BCUT2D eigenvalue weighted by Crippen LogP contribution is -2.00. The highest BCUT2D eigenvalue weighted by molar-refractivity contribution is 9.10. The van der Waals surface area contributed by atoms with E-state index >= 15 is 0 Å². The number of hydrogen-bond acceptors (Lipinski definition) is 3. The standard InChI is InChI=1S/C13H11BrN2O2S/c1-6-2-3-19-12(6)11(17)7-4-9-10(5-8(7)14)16-13(18)15-9/h2-5,11,17H,1H3,(H2,15,16,18). The molecule has 4 nitrogen and oxygen atoms in total. The van der Waals surface area contributed by atoms with E-state index in [9.17, 15) is 9.90 Å². The monoisotopic (exact) mass is 338 g/mol. The van der Waals surface area contributed by atoms with Gasteiger partial charge in [-0.1, -0.05) is 15.9 Å². The number of aryl methyl sites for hydroxylation is 1. The molecule has 0 saturated carbocycles. The SMILES string of the molecule is Cc1ccsc1C(O)c1cc2[nH]c(=O)[nH]c2cc1Br. The Morgan fingerprint density at radius 2 is 2.00 bits per heavy atom. The summed E-state index contributed by atoms with van der Waals surface area (Å²) < 4.78 is 0.774. The highest BCUT2D eigenvalue weighted by Crippen LogP contribution is 2.34.